The van der Waals surface area contributed by atoms with E-state index >= 15 is 0 Å². The van der Waals surface area contributed by atoms with Gasteiger partial charge in [-0.25, -0.2) is 5.43 Å². The van der Waals surface area contributed by atoms with Crippen LogP contribution in [0.15, 0.2) is 64.1 Å². The molecule has 1 saturated carbocycles. The minimum Gasteiger partial charge on any atom is -0.481 e. The van der Waals surface area contributed by atoms with Crippen LogP contribution < -0.4 is 10.2 Å². The molecule has 3 atom stereocenters. The maximum absolute atomic E-state index is 12.2. The normalized spacial score (nSPS) is 19.9. The number of carbonyl (C=O) groups is 1. The fourth-order valence-corrected chi connectivity index (χ4v) is 3.10. The lowest BCUT2D eigenvalue weighted by atomic mass is 10.1. The molecule has 0 bridgehead atoms. The topological polar surface area (TPSA) is 63.8 Å². The Hall–Kier alpha value is -3.08. The van der Waals surface area contributed by atoms with Crippen LogP contribution in [0.5, 0.6) is 5.75 Å². The van der Waals surface area contributed by atoms with Gasteiger partial charge in [-0.3, -0.25) is 4.79 Å². The lowest BCUT2D eigenvalue weighted by molar-refractivity contribution is -0.127. The summed E-state index contributed by atoms with van der Waals surface area (Å²) in [5.74, 6) is 3.17. The standard InChI is InChI=1S/C22H22N2O3/c1-14-11-20(14)21-10-9-19(27-21)13-23-24-22(25)15(2)26-18-8-7-16-5-3-4-6-17(16)12-18/h3-10,12-15,20H,11H2,1-2H3,(H,24,25)/b23-13-/t14-,15-,20-/m1/s1. The first-order chi connectivity index (χ1) is 13.1. The molecule has 3 aromatic rings. The molecule has 5 nitrogen and oxygen atoms in total. The van der Waals surface area contributed by atoms with Crippen molar-refractivity contribution in [1.82, 2.24) is 5.43 Å². The van der Waals surface area contributed by atoms with Crippen molar-refractivity contribution < 1.29 is 13.9 Å². The van der Waals surface area contributed by atoms with Gasteiger partial charge in [-0.15, -0.1) is 0 Å². The van der Waals surface area contributed by atoms with Crippen molar-refractivity contribution in [3.05, 3.63) is 66.1 Å². The average molecular weight is 362 g/mol. The number of hydrogen-bond acceptors (Lipinski definition) is 4. The highest BCUT2D eigenvalue weighted by atomic mass is 16.5. The molecule has 0 saturated heterocycles. The molecule has 2 aromatic carbocycles. The molecule has 0 unspecified atom stereocenters. The molecule has 4 rings (SSSR count). The molecule has 1 fully saturated rings. The second kappa shape index (κ2) is 7.27. The summed E-state index contributed by atoms with van der Waals surface area (Å²) in [6, 6.07) is 17.6. The lowest BCUT2D eigenvalue weighted by Gasteiger charge is -2.13. The predicted octanol–water partition coefficient (Wildman–Crippen LogP) is 4.47. The smallest absolute Gasteiger partial charge is 0.280 e. The van der Waals surface area contributed by atoms with Crippen LogP contribution in [0.25, 0.3) is 10.8 Å². The van der Waals surface area contributed by atoms with Crippen LogP contribution in [0, 0.1) is 5.92 Å². The largest absolute Gasteiger partial charge is 0.481 e. The molecule has 0 aliphatic heterocycles. The summed E-state index contributed by atoms with van der Waals surface area (Å²) in [7, 11) is 0. The number of amides is 1. The monoisotopic (exact) mass is 362 g/mol. The zero-order chi connectivity index (χ0) is 18.8. The van der Waals surface area contributed by atoms with E-state index < -0.39 is 6.10 Å². The average Bonchev–Trinajstić information content (AvgIpc) is 3.22. The first-order valence-corrected chi connectivity index (χ1v) is 9.18. The Morgan fingerprint density at radius 3 is 2.78 bits per heavy atom. The van der Waals surface area contributed by atoms with E-state index in [1.807, 2.05) is 54.6 Å². The van der Waals surface area contributed by atoms with Crippen LogP contribution >= 0.6 is 0 Å². The van der Waals surface area contributed by atoms with Gasteiger partial charge >= 0.3 is 0 Å². The highest BCUT2D eigenvalue weighted by molar-refractivity contribution is 5.85. The molecule has 27 heavy (non-hydrogen) atoms. The highest BCUT2D eigenvalue weighted by Gasteiger charge is 2.36. The van der Waals surface area contributed by atoms with Crippen molar-refractivity contribution in [2.45, 2.75) is 32.3 Å². The lowest BCUT2D eigenvalue weighted by Crippen LogP contribution is -2.33. The Morgan fingerprint density at radius 2 is 2.00 bits per heavy atom. The van der Waals surface area contributed by atoms with E-state index in [4.69, 9.17) is 9.15 Å². The van der Waals surface area contributed by atoms with Crippen molar-refractivity contribution in [2.24, 2.45) is 11.0 Å². The maximum Gasteiger partial charge on any atom is 0.280 e. The minimum atomic E-state index is -0.664. The molecule has 1 amide bonds. The molecule has 0 spiro atoms. The molecule has 1 aliphatic rings. The first-order valence-electron chi connectivity index (χ1n) is 9.18. The summed E-state index contributed by atoms with van der Waals surface area (Å²) in [5.41, 5.74) is 2.50. The number of benzene rings is 2. The fraction of sp³-hybridized carbons (Fsp3) is 0.273. The highest BCUT2D eigenvalue weighted by Crippen LogP contribution is 2.47. The maximum atomic E-state index is 12.2. The van der Waals surface area contributed by atoms with Gasteiger partial charge in [0.15, 0.2) is 6.10 Å². The van der Waals surface area contributed by atoms with Gasteiger partial charge in [0.25, 0.3) is 5.91 Å². The first kappa shape index (κ1) is 17.3. The zero-order valence-electron chi connectivity index (χ0n) is 15.4. The van der Waals surface area contributed by atoms with Crippen molar-refractivity contribution in [2.75, 3.05) is 0 Å². The van der Waals surface area contributed by atoms with Crippen molar-refractivity contribution in [1.29, 1.82) is 0 Å². The van der Waals surface area contributed by atoms with Gasteiger partial charge in [-0.05, 0) is 54.3 Å². The van der Waals surface area contributed by atoms with Gasteiger partial charge in [0.2, 0.25) is 0 Å². The van der Waals surface area contributed by atoms with E-state index in [0.717, 1.165) is 16.5 Å². The molecule has 0 radical (unpaired) electrons. The SMILES string of the molecule is C[C@@H]1C[C@H]1c1ccc(/C=N\NC(=O)[C@@H](C)Oc2ccc3ccccc3c2)o1. The van der Waals surface area contributed by atoms with Crippen LogP contribution in [0.4, 0.5) is 0 Å². The number of fused-ring (bicyclic) bond motifs is 1. The number of hydrazone groups is 1. The molecular formula is C22H22N2O3. The number of rotatable bonds is 6. The van der Waals surface area contributed by atoms with Gasteiger partial charge in [-0.1, -0.05) is 37.3 Å². The van der Waals surface area contributed by atoms with Crippen LogP contribution in [0.2, 0.25) is 0 Å². The third-order valence-corrected chi connectivity index (χ3v) is 4.89. The predicted molar refractivity (Wildman–Crippen MR) is 105 cm³/mol. The summed E-state index contributed by atoms with van der Waals surface area (Å²) >= 11 is 0. The second-order valence-electron chi connectivity index (χ2n) is 7.06. The number of nitrogens with one attached hydrogen (secondary N) is 1. The van der Waals surface area contributed by atoms with E-state index in [1.54, 1.807) is 6.92 Å². The van der Waals surface area contributed by atoms with E-state index in [9.17, 15) is 4.79 Å². The number of nitrogens with zero attached hydrogens (tertiary/aromatic N) is 1. The Morgan fingerprint density at radius 1 is 1.22 bits per heavy atom. The van der Waals surface area contributed by atoms with Gasteiger partial charge < -0.3 is 9.15 Å². The number of carbonyl (C=O) groups excluding carboxylic acids is 1. The zero-order valence-corrected chi connectivity index (χ0v) is 15.4. The summed E-state index contributed by atoms with van der Waals surface area (Å²) in [6.07, 6.45) is 2.02. The Labute approximate surface area is 158 Å². The summed E-state index contributed by atoms with van der Waals surface area (Å²) in [6.45, 7) is 3.90. The molecule has 5 heteroatoms. The number of hydrogen-bond donors (Lipinski definition) is 1. The Bertz CT molecular complexity index is 992. The molecule has 1 heterocycles. The third-order valence-electron chi connectivity index (χ3n) is 4.89. The Kier molecular flexibility index (Phi) is 4.67. The van der Waals surface area contributed by atoms with Crippen molar-refractivity contribution in [3.8, 4) is 5.75 Å². The molecule has 1 aliphatic carbocycles. The van der Waals surface area contributed by atoms with Gasteiger partial charge in [-0.2, -0.15) is 5.10 Å². The number of ether oxygens (including phenoxy) is 1. The molecule has 1 aromatic heterocycles. The summed E-state index contributed by atoms with van der Waals surface area (Å²) in [5, 5.41) is 6.17. The van der Waals surface area contributed by atoms with Gasteiger partial charge in [0, 0.05) is 5.92 Å². The van der Waals surface area contributed by atoms with Crippen molar-refractivity contribution in [3.63, 3.8) is 0 Å². The fourth-order valence-electron chi connectivity index (χ4n) is 3.10. The van der Waals surface area contributed by atoms with Crippen LogP contribution in [-0.4, -0.2) is 18.2 Å². The third kappa shape index (κ3) is 4.03. The molecular weight excluding hydrogens is 340 g/mol. The van der Waals surface area contributed by atoms with E-state index in [2.05, 4.69) is 17.5 Å². The van der Waals surface area contributed by atoms with Crippen LogP contribution in [0.3, 0.4) is 0 Å². The van der Waals surface area contributed by atoms with Gasteiger partial charge in [0.1, 0.15) is 17.3 Å². The summed E-state index contributed by atoms with van der Waals surface area (Å²) < 4.78 is 11.5. The van der Waals surface area contributed by atoms with Crippen molar-refractivity contribution >= 4 is 22.9 Å². The van der Waals surface area contributed by atoms with Crippen LogP contribution in [-0.2, 0) is 4.79 Å². The number of furan rings is 1. The summed E-state index contributed by atoms with van der Waals surface area (Å²) in [4.78, 5) is 12.2. The Balaban J connectivity index is 1.32. The molecule has 1 N–H and O–H groups in total. The quantitative estimate of drug-likeness (QED) is 0.520. The van der Waals surface area contributed by atoms with Gasteiger partial charge in [0.05, 0.1) is 6.21 Å². The van der Waals surface area contributed by atoms with E-state index in [0.29, 0.717) is 23.3 Å². The minimum absolute atomic E-state index is 0.318. The van der Waals surface area contributed by atoms with Crippen LogP contribution in [0.1, 0.15) is 37.7 Å². The second-order valence-corrected chi connectivity index (χ2v) is 7.06. The van der Waals surface area contributed by atoms with E-state index in [-0.39, 0.29) is 5.91 Å². The van der Waals surface area contributed by atoms with E-state index in [1.165, 1.54) is 12.6 Å². The molecule has 138 valence electrons.